The molecule has 2 rings (SSSR count). The Kier molecular flexibility index (Phi) is 2.51. The highest BCUT2D eigenvalue weighted by atomic mass is 15.2. The van der Waals surface area contributed by atoms with E-state index < -0.39 is 0 Å². The van der Waals surface area contributed by atoms with E-state index in [0.29, 0.717) is 0 Å². The molecule has 2 aromatic heterocycles. The number of aromatic nitrogens is 3. The first-order chi connectivity index (χ1) is 7.18. The zero-order chi connectivity index (χ0) is 10.8. The molecule has 0 amide bonds. The molecule has 0 bridgehead atoms. The Morgan fingerprint density at radius 1 is 1.40 bits per heavy atom. The maximum Gasteiger partial charge on any atom is 0.0600 e. The summed E-state index contributed by atoms with van der Waals surface area (Å²) in [5.74, 6) is 0. The van der Waals surface area contributed by atoms with Crippen LogP contribution in [-0.4, -0.2) is 14.8 Å². The fraction of sp³-hybridized carbons (Fsp3) is 0.273. The molecule has 0 aliphatic rings. The number of nitrogens with two attached hydrogens (primary N) is 1. The second kappa shape index (κ2) is 3.82. The molecule has 15 heavy (non-hydrogen) atoms. The van der Waals surface area contributed by atoms with Crippen LogP contribution in [0.15, 0.2) is 30.9 Å². The topological polar surface area (TPSA) is 56.7 Å². The SMILES string of the molecule is Cc1ccncc1C(N)c1cnn(C)c1. The number of nitrogens with zero attached hydrogens (tertiary/aromatic N) is 3. The molecule has 78 valence electrons. The largest absolute Gasteiger partial charge is 0.320 e. The highest BCUT2D eigenvalue weighted by Gasteiger charge is 2.12. The molecular weight excluding hydrogens is 188 g/mol. The van der Waals surface area contributed by atoms with Gasteiger partial charge < -0.3 is 5.73 Å². The smallest absolute Gasteiger partial charge is 0.0600 e. The zero-order valence-electron chi connectivity index (χ0n) is 8.88. The van der Waals surface area contributed by atoms with Crippen molar-refractivity contribution >= 4 is 0 Å². The first-order valence-electron chi connectivity index (χ1n) is 4.83. The van der Waals surface area contributed by atoms with Crippen LogP contribution in [0.1, 0.15) is 22.7 Å². The van der Waals surface area contributed by atoms with Crippen LogP contribution in [0.2, 0.25) is 0 Å². The van der Waals surface area contributed by atoms with Crippen molar-refractivity contribution in [2.24, 2.45) is 12.8 Å². The first kappa shape index (κ1) is 9.86. The Labute approximate surface area is 88.8 Å². The molecule has 0 aliphatic heterocycles. The average Bonchev–Trinajstić information content (AvgIpc) is 2.65. The summed E-state index contributed by atoms with van der Waals surface area (Å²) in [7, 11) is 1.88. The van der Waals surface area contributed by atoms with E-state index in [4.69, 9.17) is 5.73 Å². The van der Waals surface area contributed by atoms with Gasteiger partial charge in [-0.1, -0.05) is 0 Å². The Morgan fingerprint density at radius 3 is 2.80 bits per heavy atom. The monoisotopic (exact) mass is 202 g/mol. The molecule has 1 unspecified atom stereocenters. The van der Waals surface area contributed by atoms with Gasteiger partial charge in [-0.05, 0) is 24.1 Å². The Hall–Kier alpha value is -1.68. The molecule has 2 heterocycles. The Balaban J connectivity index is 2.36. The molecule has 4 heteroatoms. The molecule has 0 spiro atoms. The average molecular weight is 202 g/mol. The number of aryl methyl sites for hydroxylation is 2. The van der Waals surface area contributed by atoms with Crippen molar-refractivity contribution < 1.29 is 0 Å². The number of hydrogen-bond donors (Lipinski definition) is 1. The highest BCUT2D eigenvalue weighted by Crippen LogP contribution is 2.20. The van der Waals surface area contributed by atoms with Gasteiger partial charge in [-0.2, -0.15) is 5.10 Å². The lowest BCUT2D eigenvalue weighted by atomic mass is 10.0. The van der Waals surface area contributed by atoms with E-state index in [1.54, 1.807) is 17.1 Å². The molecule has 0 aromatic carbocycles. The van der Waals surface area contributed by atoms with Crippen LogP contribution in [-0.2, 0) is 7.05 Å². The van der Waals surface area contributed by atoms with Crippen LogP contribution >= 0.6 is 0 Å². The van der Waals surface area contributed by atoms with Crippen molar-refractivity contribution in [1.29, 1.82) is 0 Å². The van der Waals surface area contributed by atoms with Crippen LogP contribution in [0, 0.1) is 6.92 Å². The van der Waals surface area contributed by atoms with Gasteiger partial charge in [0.1, 0.15) is 0 Å². The molecule has 0 fully saturated rings. The summed E-state index contributed by atoms with van der Waals surface area (Å²) < 4.78 is 1.75. The molecule has 2 N–H and O–H groups in total. The first-order valence-corrected chi connectivity index (χ1v) is 4.83. The normalized spacial score (nSPS) is 12.7. The summed E-state index contributed by atoms with van der Waals surface area (Å²) in [6.07, 6.45) is 7.30. The minimum atomic E-state index is -0.146. The molecule has 0 aliphatic carbocycles. The van der Waals surface area contributed by atoms with E-state index in [9.17, 15) is 0 Å². The summed E-state index contributed by atoms with van der Waals surface area (Å²) >= 11 is 0. The summed E-state index contributed by atoms with van der Waals surface area (Å²) in [4.78, 5) is 4.09. The van der Waals surface area contributed by atoms with E-state index in [2.05, 4.69) is 10.1 Å². The van der Waals surface area contributed by atoms with Crippen LogP contribution in [0.25, 0.3) is 0 Å². The standard InChI is InChI=1S/C11H14N4/c1-8-3-4-13-6-10(8)11(12)9-5-14-15(2)7-9/h3-7,11H,12H2,1-2H3. The lowest BCUT2D eigenvalue weighted by molar-refractivity contribution is 0.764. The van der Waals surface area contributed by atoms with Gasteiger partial charge in [0.25, 0.3) is 0 Å². The van der Waals surface area contributed by atoms with Crippen molar-refractivity contribution in [3.63, 3.8) is 0 Å². The van der Waals surface area contributed by atoms with Crippen LogP contribution in [0.3, 0.4) is 0 Å². The van der Waals surface area contributed by atoms with E-state index >= 15 is 0 Å². The van der Waals surface area contributed by atoms with Gasteiger partial charge >= 0.3 is 0 Å². The van der Waals surface area contributed by atoms with Gasteiger partial charge in [0.15, 0.2) is 0 Å². The lowest BCUT2D eigenvalue weighted by Gasteiger charge is -2.11. The molecule has 2 aromatic rings. The summed E-state index contributed by atoms with van der Waals surface area (Å²) in [6, 6.07) is 1.82. The van der Waals surface area contributed by atoms with Crippen molar-refractivity contribution in [3.05, 3.63) is 47.5 Å². The zero-order valence-corrected chi connectivity index (χ0v) is 8.88. The van der Waals surface area contributed by atoms with Gasteiger partial charge in [0.05, 0.1) is 12.2 Å². The Bertz CT molecular complexity index is 461. The minimum absolute atomic E-state index is 0.146. The fourth-order valence-corrected chi connectivity index (χ4v) is 1.58. The second-order valence-electron chi connectivity index (χ2n) is 3.66. The van der Waals surface area contributed by atoms with Gasteiger partial charge in [-0.15, -0.1) is 0 Å². The predicted octanol–water partition coefficient (Wildman–Crippen LogP) is 1.17. The molecule has 4 nitrogen and oxygen atoms in total. The van der Waals surface area contributed by atoms with Gasteiger partial charge in [-0.25, -0.2) is 0 Å². The third kappa shape index (κ3) is 1.89. The van der Waals surface area contributed by atoms with Gasteiger partial charge in [0.2, 0.25) is 0 Å². The maximum atomic E-state index is 6.14. The quantitative estimate of drug-likeness (QED) is 0.795. The molecule has 0 saturated carbocycles. The van der Waals surface area contributed by atoms with Crippen molar-refractivity contribution in [2.45, 2.75) is 13.0 Å². The number of pyridine rings is 1. The van der Waals surface area contributed by atoms with Crippen LogP contribution < -0.4 is 5.73 Å². The van der Waals surface area contributed by atoms with E-state index in [-0.39, 0.29) is 6.04 Å². The molecule has 1 atom stereocenters. The lowest BCUT2D eigenvalue weighted by Crippen LogP contribution is -2.12. The van der Waals surface area contributed by atoms with E-state index in [1.807, 2.05) is 32.4 Å². The van der Waals surface area contributed by atoms with Gasteiger partial charge in [-0.3, -0.25) is 9.67 Å². The maximum absolute atomic E-state index is 6.14. The number of hydrogen-bond acceptors (Lipinski definition) is 3. The molecular formula is C11H14N4. The molecule has 0 radical (unpaired) electrons. The van der Waals surface area contributed by atoms with E-state index in [1.165, 1.54) is 0 Å². The van der Waals surface area contributed by atoms with Crippen molar-refractivity contribution in [3.8, 4) is 0 Å². The third-order valence-electron chi connectivity index (χ3n) is 2.50. The highest BCUT2D eigenvalue weighted by molar-refractivity contribution is 5.32. The minimum Gasteiger partial charge on any atom is -0.320 e. The predicted molar refractivity (Wildman–Crippen MR) is 58.2 cm³/mol. The fourth-order valence-electron chi connectivity index (χ4n) is 1.58. The summed E-state index contributed by atoms with van der Waals surface area (Å²) in [5.41, 5.74) is 9.35. The van der Waals surface area contributed by atoms with Crippen LogP contribution in [0.4, 0.5) is 0 Å². The van der Waals surface area contributed by atoms with Crippen LogP contribution in [0.5, 0.6) is 0 Å². The summed E-state index contributed by atoms with van der Waals surface area (Å²) in [5, 5.41) is 4.11. The van der Waals surface area contributed by atoms with Crippen molar-refractivity contribution in [1.82, 2.24) is 14.8 Å². The van der Waals surface area contributed by atoms with Gasteiger partial charge in [0, 0.05) is 31.2 Å². The van der Waals surface area contributed by atoms with Crippen molar-refractivity contribution in [2.75, 3.05) is 0 Å². The van der Waals surface area contributed by atoms with E-state index in [0.717, 1.165) is 16.7 Å². The second-order valence-corrected chi connectivity index (χ2v) is 3.66. The molecule has 0 saturated heterocycles. The number of rotatable bonds is 2. The third-order valence-corrected chi connectivity index (χ3v) is 2.50. The Morgan fingerprint density at radius 2 is 2.20 bits per heavy atom. The summed E-state index contributed by atoms with van der Waals surface area (Å²) in [6.45, 7) is 2.03.